The molecule has 1 aromatic rings. The number of rotatable bonds is 3. The van der Waals surface area contributed by atoms with Crippen LogP contribution in [0.25, 0.3) is 0 Å². The van der Waals surface area contributed by atoms with Gasteiger partial charge in [0.05, 0.1) is 12.0 Å². The SMILES string of the molecule is CNC(=O)C1(C)CCN(c2ccc(C)cc2CO)C1. The number of hydrogen-bond acceptors (Lipinski definition) is 3. The van der Waals surface area contributed by atoms with E-state index in [0.29, 0.717) is 6.54 Å². The van der Waals surface area contributed by atoms with E-state index in [0.717, 1.165) is 29.8 Å². The summed E-state index contributed by atoms with van der Waals surface area (Å²) in [6, 6.07) is 6.09. The van der Waals surface area contributed by atoms with Gasteiger partial charge in [-0.1, -0.05) is 17.7 Å². The van der Waals surface area contributed by atoms with Gasteiger partial charge in [-0.25, -0.2) is 0 Å². The maximum Gasteiger partial charge on any atom is 0.227 e. The number of amides is 1. The van der Waals surface area contributed by atoms with Crippen LogP contribution in [-0.4, -0.2) is 31.2 Å². The van der Waals surface area contributed by atoms with Gasteiger partial charge in [0.1, 0.15) is 0 Å². The Hall–Kier alpha value is -1.55. The molecule has 1 saturated heterocycles. The van der Waals surface area contributed by atoms with Gasteiger partial charge in [-0.3, -0.25) is 4.79 Å². The Labute approximate surface area is 114 Å². The molecule has 1 heterocycles. The summed E-state index contributed by atoms with van der Waals surface area (Å²) >= 11 is 0. The van der Waals surface area contributed by atoms with Crippen LogP contribution < -0.4 is 10.2 Å². The van der Waals surface area contributed by atoms with Gasteiger partial charge in [-0.2, -0.15) is 0 Å². The Morgan fingerprint density at radius 3 is 2.89 bits per heavy atom. The number of carbonyl (C=O) groups excluding carboxylic acids is 1. The first-order valence-corrected chi connectivity index (χ1v) is 6.68. The van der Waals surface area contributed by atoms with Gasteiger partial charge in [-0.15, -0.1) is 0 Å². The number of anilines is 1. The molecule has 2 N–H and O–H groups in total. The fourth-order valence-corrected chi connectivity index (χ4v) is 2.80. The lowest BCUT2D eigenvalue weighted by Gasteiger charge is -2.25. The van der Waals surface area contributed by atoms with E-state index in [9.17, 15) is 9.90 Å². The lowest BCUT2D eigenvalue weighted by Crippen LogP contribution is -2.39. The van der Waals surface area contributed by atoms with Crippen molar-refractivity contribution in [1.82, 2.24) is 5.32 Å². The highest BCUT2D eigenvalue weighted by Crippen LogP contribution is 2.35. The second-order valence-corrected chi connectivity index (χ2v) is 5.60. The van der Waals surface area contributed by atoms with E-state index in [4.69, 9.17) is 0 Å². The Morgan fingerprint density at radius 1 is 1.53 bits per heavy atom. The lowest BCUT2D eigenvalue weighted by molar-refractivity contribution is -0.128. The molecule has 0 aliphatic carbocycles. The first kappa shape index (κ1) is 13.9. The molecule has 4 nitrogen and oxygen atoms in total. The van der Waals surface area contributed by atoms with Crippen molar-refractivity contribution < 1.29 is 9.90 Å². The maximum absolute atomic E-state index is 11.9. The predicted octanol–water partition coefficient (Wildman–Crippen LogP) is 1.45. The van der Waals surface area contributed by atoms with E-state index in [2.05, 4.69) is 10.2 Å². The minimum atomic E-state index is -0.341. The van der Waals surface area contributed by atoms with Gasteiger partial charge in [-0.05, 0) is 26.3 Å². The van der Waals surface area contributed by atoms with E-state index < -0.39 is 0 Å². The third kappa shape index (κ3) is 2.59. The Kier molecular flexibility index (Phi) is 3.80. The van der Waals surface area contributed by atoms with Crippen molar-refractivity contribution in [1.29, 1.82) is 0 Å². The third-order valence-corrected chi connectivity index (χ3v) is 3.99. The average molecular weight is 262 g/mol. The minimum absolute atomic E-state index is 0.0319. The van der Waals surface area contributed by atoms with E-state index in [1.807, 2.05) is 32.0 Å². The minimum Gasteiger partial charge on any atom is -0.392 e. The molecule has 1 aliphatic heterocycles. The predicted molar refractivity (Wildman–Crippen MR) is 76.1 cm³/mol. The smallest absolute Gasteiger partial charge is 0.227 e. The molecule has 104 valence electrons. The number of aliphatic hydroxyl groups excluding tert-OH is 1. The summed E-state index contributed by atoms with van der Waals surface area (Å²) in [5.41, 5.74) is 2.77. The average Bonchev–Trinajstić information content (AvgIpc) is 2.81. The van der Waals surface area contributed by atoms with Crippen molar-refractivity contribution in [2.45, 2.75) is 26.9 Å². The topological polar surface area (TPSA) is 52.6 Å². The van der Waals surface area contributed by atoms with Crippen LogP contribution in [0.1, 0.15) is 24.5 Å². The van der Waals surface area contributed by atoms with Gasteiger partial charge in [0.2, 0.25) is 5.91 Å². The number of benzene rings is 1. The van der Waals surface area contributed by atoms with Crippen molar-refractivity contribution >= 4 is 11.6 Å². The van der Waals surface area contributed by atoms with Crippen molar-refractivity contribution in [2.24, 2.45) is 5.41 Å². The summed E-state index contributed by atoms with van der Waals surface area (Å²) in [5.74, 6) is 0.0904. The van der Waals surface area contributed by atoms with Gasteiger partial charge in [0, 0.05) is 31.4 Å². The summed E-state index contributed by atoms with van der Waals surface area (Å²) in [7, 11) is 1.68. The quantitative estimate of drug-likeness (QED) is 0.867. The molecule has 1 unspecified atom stereocenters. The zero-order valence-corrected chi connectivity index (χ0v) is 11.9. The van der Waals surface area contributed by atoms with Gasteiger partial charge >= 0.3 is 0 Å². The first-order valence-electron chi connectivity index (χ1n) is 6.68. The standard InChI is InChI=1S/C15H22N2O2/c1-11-4-5-13(12(8-11)9-18)17-7-6-15(2,10-17)14(19)16-3/h4-5,8,18H,6-7,9-10H2,1-3H3,(H,16,19). The molecule has 0 spiro atoms. The second kappa shape index (κ2) is 5.21. The normalized spacial score (nSPS) is 22.6. The molecule has 1 atom stereocenters. The fourth-order valence-electron chi connectivity index (χ4n) is 2.80. The number of hydrogen-bond donors (Lipinski definition) is 2. The van der Waals surface area contributed by atoms with E-state index in [-0.39, 0.29) is 17.9 Å². The number of aliphatic hydroxyl groups is 1. The molecule has 0 bridgehead atoms. The highest BCUT2D eigenvalue weighted by atomic mass is 16.3. The van der Waals surface area contributed by atoms with Crippen LogP contribution in [0.3, 0.4) is 0 Å². The van der Waals surface area contributed by atoms with Crippen LogP contribution in [0.15, 0.2) is 18.2 Å². The van der Waals surface area contributed by atoms with E-state index in [1.165, 1.54) is 0 Å². The van der Waals surface area contributed by atoms with Crippen LogP contribution in [0.4, 0.5) is 5.69 Å². The Bertz CT molecular complexity index is 487. The number of aryl methyl sites for hydroxylation is 1. The number of nitrogens with zero attached hydrogens (tertiary/aromatic N) is 1. The number of carbonyl (C=O) groups is 1. The molecular weight excluding hydrogens is 240 g/mol. The molecule has 1 amide bonds. The van der Waals surface area contributed by atoms with Gasteiger partial charge < -0.3 is 15.3 Å². The molecule has 2 rings (SSSR count). The highest BCUT2D eigenvalue weighted by Gasteiger charge is 2.40. The molecule has 0 radical (unpaired) electrons. The van der Waals surface area contributed by atoms with Crippen molar-refractivity contribution in [2.75, 3.05) is 25.0 Å². The number of nitrogens with one attached hydrogen (secondary N) is 1. The van der Waals surface area contributed by atoms with Crippen LogP contribution in [0, 0.1) is 12.3 Å². The summed E-state index contributed by atoms with van der Waals surface area (Å²) in [5, 5.41) is 12.2. The molecule has 4 heteroatoms. The first-order chi connectivity index (χ1) is 9.00. The van der Waals surface area contributed by atoms with Gasteiger partial charge in [0.25, 0.3) is 0 Å². The van der Waals surface area contributed by atoms with Crippen LogP contribution in [0.5, 0.6) is 0 Å². The molecule has 0 saturated carbocycles. The summed E-state index contributed by atoms with van der Waals surface area (Å²) in [6.45, 7) is 5.59. The maximum atomic E-state index is 11.9. The summed E-state index contributed by atoms with van der Waals surface area (Å²) in [6.07, 6.45) is 0.839. The van der Waals surface area contributed by atoms with E-state index in [1.54, 1.807) is 7.05 Å². The van der Waals surface area contributed by atoms with Crippen molar-refractivity contribution in [3.63, 3.8) is 0 Å². The zero-order chi connectivity index (χ0) is 14.0. The molecule has 0 aromatic heterocycles. The second-order valence-electron chi connectivity index (χ2n) is 5.60. The zero-order valence-electron chi connectivity index (χ0n) is 11.9. The lowest BCUT2D eigenvalue weighted by atomic mass is 9.89. The molecular formula is C15H22N2O2. The Balaban J connectivity index is 2.24. The summed E-state index contributed by atoms with van der Waals surface area (Å²) in [4.78, 5) is 14.1. The summed E-state index contributed by atoms with van der Waals surface area (Å²) < 4.78 is 0. The largest absolute Gasteiger partial charge is 0.392 e. The third-order valence-electron chi connectivity index (χ3n) is 3.99. The van der Waals surface area contributed by atoms with Crippen LogP contribution in [0.2, 0.25) is 0 Å². The molecule has 1 aromatic carbocycles. The monoisotopic (exact) mass is 262 g/mol. The van der Waals surface area contributed by atoms with E-state index >= 15 is 0 Å². The van der Waals surface area contributed by atoms with Crippen molar-refractivity contribution in [3.05, 3.63) is 29.3 Å². The molecule has 1 fully saturated rings. The van der Waals surface area contributed by atoms with Gasteiger partial charge in [0.15, 0.2) is 0 Å². The molecule has 1 aliphatic rings. The van der Waals surface area contributed by atoms with Crippen molar-refractivity contribution in [3.8, 4) is 0 Å². The van der Waals surface area contributed by atoms with Crippen LogP contribution in [-0.2, 0) is 11.4 Å². The van der Waals surface area contributed by atoms with Crippen LogP contribution >= 0.6 is 0 Å². The fraction of sp³-hybridized carbons (Fsp3) is 0.533. The Morgan fingerprint density at radius 2 is 2.26 bits per heavy atom. The molecule has 19 heavy (non-hydrogen) atoms. The highest BCUT2D eigenvalue weighted by molar-refractivity contribution is 5.83.